The van der Waals surface area contributed by atoms with E-state index < -0.39 is 0 Å². The summed E-state index contributed by atoms with van der Waals surface area (Å²) in [5.41, 5.74) is 0. The predicted molar refractivity (Wildman–Crippen MR) is 74.4 cm³/mol. The van der Waals surface area contributed by atoms with Gasteiger partial charge in [-0.2, -0.15) is 0 Å². The molecule has 2 rings (SSSR count). The van der Waals surface area contributed by atoms with Crippen molar-refractivity contribution in [3.63, 3.8) is 0 Å². The number of allylic oxidation sites excluding steroid dienone is 2. The Morgan fingerprint density at radius 2 is 2.06 bits per heavy atom. The van der Waals surface area contributed by atoms with Gasteiger partial charge in [0.05, 0.1) is 0 Å². The van der Waals surface area contributed by atoms with Crippen LogP contribution in [0, 0.1) is 5.92 Å². The van der Waals surface area contributed by atoms with E-state index in [-0.39, 0.29) is 11.8 Å². The second kappa shape index (κ2) is 7.57. The monoisotopic (exact) mass is 250 g/mol. The molecule has 0 spiro atoms. The highest BCUT2D eigenvalue weighted by molar-refractivity contribution is 5.78. The third-order valence-electron chi connectivity index (χ3n) is 4.04. The van der Waals surface area contributed by atoms with Crippen LogP contribution in [0.1, 0.15) is 44.9 Å². The maximum Gasteiger partial charge on any atom is 0.223 e. The topological polar surface area (TPSA) is 32.3 Å². The summed E-state index contributed by atoms with van der Waals surface area (Å²) < 4.78 is 0. The number of rotatable bonds is 5. The summed E-state index contributed by atoms with van der Waals surface area (Å²) in [5, 5.41) is 3.09. The zero-order chi connectivity index (χ0) is 12.6. The largest absolute Gasteiger partial charge is 0.356 e. The fourth-order valence-electron chi connectivity index (χ4n) is 2.87. The molecule has 3 heteroatoms. The van der Waals surface area contributed by atoms with Crippen molar-refractivity contribution in [1.29, 1.82) is 0 Å². The first-order valence-electron chi connectivity index (χ1n) is 7.51. The fraction of sp³-hybridized carbons (Fsp3) is 0.800. The third kappa shape index (κ3) is 4.45. The molecule has 1 saturated heterocycles. The molecule has 1 atom stereocenters. The normalized spacial score (nSPS) is 25.0. The van der Waals surface area contributed by atoms with Crippen LogP contribution in [0.3, 0.4) is 0 Å². The Balaban J connectivity index is 1.54. The van der Waals surface area contributed by atoms with Crippen LogP contribution in [0.2, 0.25) is 0 Å². The summed E-state index contributed by atoms with van der Waals surface area (Å²) in [7, 11) is 0. The van der Waals surface area contributed by atoms with Gasteiger partial charge in [0.2, 0.25) is 5.91 Å². The third-order valence-corrected chi connectivity index (χ3v) is 4.04. The van der Waals surface area contributed by atoms with Gasteiger partial charge >= 0.3 is 0 Å². The molecule has 0 bridgehead atoms. The summed E-state index contributed by atoms with van der Waals surface area (Å²) in [4.78, 5) is 14.4. The van der Waals surface area contributed by atoms with Crippen LogP contribution in [-0.4, -0.2) is 37.0 Å². The molecule has 0 saturated carbocycles. The SMILES string of the molecule is O=C(NCCCN1CCCCC1)C1CC=CCC1. The molecule has 0 aromatic rings. The van der Waals surface area contributed by atoms with Crippen LogP contribution in [-0.2, 0) is 4.79 Å². The average Bonchev–Trinajstić information content (AvgIpc) is 2.45. The summed E-state index contributed by atoms with van der Waals surface area (Å²) in [6.07, 6.45) is 12.5. The molecule has 0 aromatic heterocycles. The molecule has 1 aliphatic carbocycles. The zero-order valence-electron chi connectivity index (χ0n) is 11.4. The molecule has 1 heterocycles. The molecule has 1 unspecified atom stereocenters. The Morgan fingerprint density at radius 3 is 2.78 bits per heavy atom. The molecule has 0 aromatic carbocycles. The Bertz CT molecular complexity index is 282. The summed E-state index contributed by atoms with van der Waals surface area (Å²) in [6, 6.07) is 0. The van der Waals surface area contributed by atoms with Gasteiger partial charge in [-0.15, -0.1) is 0 Å². The molecular formula is C15H26N2O. The second-order valence-corrected chi connectivity index (χ2v) is 5.53. The molecule has 1 amide bonds. The molecule has 1 fully saturated rings. The molecular weight excluding hydrogens is 224 g/mol. The lowest BCUT2D eigenvalue weighted by molar-refractivity contribution is -0.125. The quantitative estimate of drug-likeness (QED) is 0.600. The van der Waals surface area contributed by atoms with Gasteiger partial charge in [0, 0.05) is 12.5 Å². The van der Waals surface area contributed by atoms with Crippen molar-refractivity contribution in [2.45, 2.75) is 44.9 Å². The fourth-order valence-corrected chi connectivity index (χ4v) is 2.87. The van der Waals surface area contributed by atoms with Crippen LogP contribution in [0.15, 0.2) is 12.2 Å². The maximum absolute atomic E-state index is 11.9. The average molecular weight is 250 g/mol. The van der Waals surface area contributed by atoms with Gasteiger partial charge in [-0.3, -0.25) is 4.79 Å². The molecule has 0 radical (unpaired) electrons. The van der Waals surface area contributed by atoms with E-state index in [1.807, 2.05) is 0 Å². The van der Waals surface area contributed by atoms with Crippen molar-refractivity contribution < 1.29 is 4.79 Å². The van der Waals surface area contributed by atoms with Crippen molar-refractivity contribution in [2.75, 3.05) is 26.2 Å². The van der Waals surface area contributed by atoms with Crippen molar-refractivity contribution in [1.82, 2.24) is 10.2 Å². The van der Waals surface area contributed by atoms with E-state index in [1.165, 1.54) is 32.4 Å². The van der Waals surface area contributed by atoms with Crippen molar-refractivity contribution in [3.05, 3.63) is 12.2 Å². The van der Waals surface area contributed by atoms with E-state index in [4.69, 9.17) is 0 Å². The second-order valence-electron chi connectivity index (χ2n) is 5.53. The van der Waals surface area contributed by atoms with Crippen LogP contribution in [0.25, 0.3) is 0 Å². The van der Waals surface area contributed by atoms with Gasteiger partial charge in [-0.05, 0) is 58.2 Å². The van der Waals surface area contributed by atoms with Crippen LogP contribution in [0.4, 0.5) is 0 Å². The highest BCUT2D eigenvalue weighted by Crippen LogP contribution is 2.17. The molecule has 1 N–H and O–H groups in total. The molecule has 2 aliphatic rings. The minimum Gasteiger partial charge on any atom is -0.356 e. The lowest BCUT2D eigenvalue weighted by Crippen LogP contribution is -2.35. The van der Waals surface area contributed by atoms with Gasteiger partial charge in [0.1, 0.15) is 0 Å². The molecule has 102 valence electrons. The van der Waals surface area contributed by atoms with Crippen molar-refractivity contribution in [3.8, 4) is 0 Å². The number of likely N-dealkylation sites (tertiary alicyclic amines) is 1. The van der Waals surface area contributed by atoms with E-state index in [0.717, 1.165) is 38.8 Å². The number of carbonyl (C=O) groups is 1. The smallest absolute Gasteiger partial charge is 0.223 e. The molecule has 18 heavy (non-hydrogen) atoms. The van der Waals surface area contributed by atoms with Gasteiger partial charge < -0.3 is 10.2 Å². The first-order chi connectivity index (χ1) is 8.86. The number of amides is 1. The first kappa shape index (κ1) is 13.6. The van der Waals surface area contributed by atoms with E-state index in [9.17, 15) is 4.79 Å². The predicted octanol–water partition coefficient (Wildman–Crippen LogP) is 2.33. The Hall–Kier alpha value is -0.830. The minimum atomic E-state index is 0.227. The summed E-state index contributed by atoms with van der Waals surface area (Å²) in [5.74, 6) is 0.489. The first-order valence-corrected chi connectivity index (χ1v) is 7.51. The lowest BCUT2D eigenvalue weighted by Gasteiger charge is -2.26. The Labute approximate surface area is 111 Å². The van der Waals surface area contributed by atoms with E-state index >= 15 is 0 Å². The summed E-state index contributed by atoms with van der Waals surface area (Å²) in [6.45, 7) is 4.49. The minimum absolute atomic E-state index is 0.227. The maximum atomic E-state index is 11.9. The van der Waals surface area contributed by atoms with E-state index in [1.54, 1.807) is 0 Å². The number of carbonyl (C=O) groups excluding carboxylic acids is 1. The Kier molecular flexibility index (Phi) is 5.72. The van der Waals surface area contributed by atoms with Crippen LogP contribution in [0.5, 0.6) is 0 Å². The van der Waals surface area contributed by atoms with Crippen molar-refractivity contribution >= 4 is 5.91 Å². The zero-order valence-corrected chi connectivity index (χ0v) is 11.4. The number of hydrogen-bond donors (Lipinski definition) is 1. The number of piperidine rings is 1. The highest BCUT2D eigenvalue weighted by Gasteiger charge is 2.18. The lowest BCUT2D eigenvalue weighted by atomic mass is 9.94. The van der Waals surface area contributed by atoms with Gasteiger partial charge in [0.15, 0.2) is 0 Å². The molecule has 1 aliphatic heterocycles. The van der Waals surface area contributed by atoms with Gasteiger partial charge in [-0.1, -0.05) is 18.6 Å². The van der Waals surface area contributed by atoms with Crippen LogP contribution < -0.4 is 5.32 Å². The van der Waals surface area contributed by atoms with Crippen LogP contribution >= 0.6 is 0 Å². The van der Waals surface area contributed by atoms with Crippen molar-refractivity contribution in [2.24, 2.45) is 5.92 Å². The molecule has 3 nitrogen and oxygen atoms in total. The van der Waals surface area contributed by atoms with Gasteiger partial charge in [0.25, 0.3) is 0 Å². The van der Waals surface area contributed by atoms with Gasteiger partial charge in [-0.25, -0.2) is 0 Å². The van der Waals surface area contributed by atoms with E-state index in [0.29, 0.717) is 0 Å². The Morgan fingerprint density at radius 1 is 1.22 bits per heavy atom. The summed E-state index contributed by atoms with van der Waals surface area (Å²) >= 11 is 0. The number of hydrogen-bond acceptors (Lipinski definition) is 2. The highest BCUT2D eigenvalue weighted by atomic mass is 16.1. The standard InChI is InChI=1S/C15H26N2O/c18-15(14-8-3-1-4-9-14)16-10-7-13-17-11-5-2-6-12-17/h1,3,14H,2,4-13H2,(H,16,18). The van der Waals surface area contributed by atoms with E-state index in [2.05, 4.69) is 22.4 Å². The number of nitrogens with one attached hydrogen (secondary N) is 1. The number of nitrogens with zero attached hydrogens (tertiary/aromatic N) is 1.